The van der Waals surface area contributed by atoms with Crippen molar-refractivity contribution in [1.29, 1.82) is 0 Å². The Morgan fingerprint density at radius 2 is 2.04 bits per heavy atom. The standard InChI is InChI=1S/C17H13N3O2S/c1-11-7-13(22-19-11)9-20-10-18-14-8-15(23-16(14)17(20)21)12-5-3-2-4-6-12/h2-8,10H,9H2,1H3. The predicted molar refractivity (Wildman–Crippen MR) is 89.7 cm³/mol. The van der Waals surface area contributed by atoms with E-state index in [1.54, 1.807) is 10.9 Å². The van der Waals surface area contributed by atoms with Crippen LogP contribution in [0.5, 0.6) is 0 Å². The average molecular weight is 323 g/mol. The van der Waals surface area contributed by atoms with Gasteiger partial charge in [0, 0.05) is 10.9 Å². The van der Waals surface area contributed by atoms with Gasteiger partial charge in [0.1, 0.15) is 4.70 Å². The van der Waals surface area contributed by atoms with E-state index in [4.69, 9.17) is 4.52 Å². The zero-order valence-electron chi connectivity index (χ0n) is 12.4. The van der Waals surface area contributed by atoms with Crippen LogP contribution in [0, 0.1) is 6.92 Å². The minimum Gasteiger partial charge on any atom is -0.359 e. The van der Waals surface area contributed by atoms with Gasteiger partial charge >= 0.3 is 0 Å². The van der Waals surface area contributed by atoms with Gasteiger partial charge in [0.15, 0.2) is 5.76 Å². The molecule has 23 heavy (non-hydrogen) atoms. The molecule has 114 valence electrons. The molecule has 0 amide bonds. The van der Waals surface area contributed by atoms with Crippen LogP contribution in [0.1, 0.15) is 11.5 Å². The number of hydrogen-bond acceptors (Lipinski definition) is 5. The topological polar surface area (TPSA) is 60.9 Å². The molecule has 0 spiro atoms. The van der Waals surface area contributed by atoms with E-state index in [-0.39, 0.29) is 5.56 Å². The number of nitrogens with zero attached hydrogens (tertiary/aromatic N) is 3. The molecule has 0 unspecified atom stereocenters. The summed E-state index contributed by atoms with van der Waals surface area (Å²) >= 11 is 1.46. The average Bonchev–Trinajstić information content (AvgIpc) is 3.18. The highest BCUT2D eigenvalue weighted by atomic mass is 32.1. The van der Waals surface area contributed by atoms with E-state index in [1.165, 1.54) is 11.3 Å². The van der Waals surface area contributed by atoms with Gasteiger partial charge in [0.2, 0.25) is 0 Å². The number of aromatic nitrogens is 3. The summed E-state index contributed by atoms with van der Waals surface area (Å²) in [5, 5.41) is 3.84. The van der Waals surface area contributed by atoms with E-state index < -0.39 is 0 Å². The SMILES string of the molecule is Cc1cc(Cn2cnc3cc(-c4ccccc4)sc3c2=O)on1. The van der Waals surface area contributed by atoms with Gasteiger partial charge in [-0.05, 0) is 18.6 Å². The molecule has 0 saturated carbocycles. The molecular weight excluding hydrogens is 310 g/mol. The van der Waals surface area contributed by atoms with E-state index in [0.29, 0.717) is 17.0 Å². The maximum absolute atomic E-state index is 12.7. The Morgan fingerprint density at radius 1 is 1.22 bits per heavy atom. The van der Waals surface area contributed by atoms with Crippen molar-refractivity contribution < 1.29 is 4.52 Å². The van der Waals surface area contributed by atoms with Crippen molar-refractivity contribution in [2.45, 2.75) is 13.5 Å². The fourth-order valence-electron chi connectivity index (χ4n) is 2.46. The molecule has 1 aromatic carbocycles. The lowest BCUT2D eigenvalue weighted by molar-refractivity contribution is 0.371. The highest BCUT2D eigenvalue weighted by Gasteiger charge is 2.11. The van der Waals surface area contributed by atoms with Crippen molar-refractivity contribution in [3.05, 3.63) is 70.6 Å². The third-order valence-electron chi connectivity index (χ3n) is 3.57. The number of hydrogen-bond donors (Lipinski definition) is 0. The lowest BCUT2D eigenvalue weighted by atomic mass is 10.2. The lowest BCUT2D eigenvalue weighted by Gasteiger charge is -2.01. The quantitative estimate of drug-likeness (QED) is 0.579. The van der Waals surface area contributed by atoms with Crippen LogP contribution in [0.2, 0.25) is 0 Å². The van der Waals surface area contributed by atoms with Crippen molar-refractivity contribution in [2.24, 2.45) is 0 Å². The summed E-state index contributed by atoms with van der Waals surface area (Å²) < 4.78 is 7.38. The molecule has 4 rings (SSSR count). The summed E-state index contributed by atoms with van der Waals surface area (Å²) in [4.78, 5) is 18.1. The Balaban J connectivity index is 1.77. The number of rotatable bonds is 3. The second kappa shape index (κ2) is 5.48. The summed E-state index contributed by atoms with van der Waals surface area (Å²) in [7, 11) is 0. The van der Waals surface area contributed by atoms with E-state index in [0.717, 1.165) is 21.7 Å². The first kappa shape index (κ1) is 13.9. The number of aryl methyl sites for hydroxylation is 1. The summed E-state index contributed by atoms with van der Waals surface area (Å²) in [6.45, 7) is 2.18. The summed E-state index contributed by atoms with van der Waals surface area (Å²) in [5.74, 6) is 0.644. The minimum atomic E-state index is -0.0590. The van der Waals surface area contributed by atoms with Gasteiger partial charge in [-0.1, -0.05) is 35.5 Å². The van der Waals surface area contributed by atoms with Crippen LogP contribution >= 0.6 is 11.3 Å². The van der Waals surface area contributed by atoms with Crippen LogP contribution in [-0.4, -0.2) is 14.7 Å². The van der Waals surface area contributed by atoms with Gasteiger partial charge in [0.25, 0.3) is 5.56 Å². The van der Waals surface area contributed by atoms with Crippen LogP contribution in [0.25, 0.3) is 20.7 Å². The summed E-state index contributed by atoms with van der Waals surface area (Å²) in [6.07, 6.45) is 1.56. The van der Waals surface area contributed by atoms with Crippen LogP contribution < -0.4 is 5.56 Å². The van der Waals surface area contributed by atoms with Crippen molar-refractivity contribution in [3.63, 3.8) is 0 Å². The zero-order chi connectivity index (χ0) is 15.8. The molecule has 0 N–H and O–H groups in total. The van der Waals surface area contributed by atoms with E-state index in [1.807, 2.05) is 49.4 Å². The molecule has 0 aliphatic heterocycles. The number of thiophene rings is 1. The van der Waals surface area contributed by atoms with Crippen molar-refractivity contribution in [2.75, 3.05) is 0 Å². The second-order valence-electron chi connectivity index (χ2n) is 5.30. The molecule has 0 saturated heterocycles. The Hall–Kier alpha value is -2.73. The highest BCUT2D eigenvalue weighted by Crippen LogP contribution is 2.30. The van der Waals surface area contributed by atoms with E-state index in [2.05, 4.69) is 10.1 Å². The molecule has 4 aromatic rings. The van der Waals surface area contributed by atoms with E-state index >= 15 is 0 Å². The normalized spacial score (nSPS) is 11.2. The van der Waals surface area contributed by atoms with Crippen LogP contribution in [0.3, 0.4) is 0 Å². The smallest absolute Gasteiger partial charge is 0.271 e. The molecule has 0 aliphatic rings. The van der Waals surface area contributed by atoms with E-state index in [9.17, 15) is 4.79 Å². The lowest BCUT2D eigenvalue weighted by Crippen LogP contribution is -2.19. The van der Waals surface area contributed by atoms with Gasteiger partial charge in [-0.15, -0.1) is 11.3 Å². The fourth-order valence-corrected chi connectivity index (χ4v) is 3.53. The van der Waals surface area contributed by atoms with Crippen molar-refractivity contribution >= 4 is 21.6 Å². The zero-order valence-corrected chi connectivity index (χ0v) is 13.2. The monoisotopic (exact) mass is 323 g/mol. The van der Waals surface area contributed by atoms with Crippen molar-refractivity contribution in [3.8, 4) is 10.4 Å². The van der Waals surface area contributed by atoms with Gasteiger partial charge in [-0.2, -0.15) is 0 Å². The van der Waals surface area contributed by atoms with Crippen LogP contribution in [0.15, 0.2) is 58.1 Å². The molecular formula is C17H13N3O2S. The van der Waals surface area contributed by atoms with Gasteiger partial charge < -0.3 is 4.52 Å². The number of benzene rings is 1. The maximum Gasteiger partial charge on any atom is 0.271 e. The molecule has 5 nitrogen and oxygen atoms in total. The Labute approximate surface area is 135 Å². The molecule has 3 heterocycles. The first-order chi connectivity index (χ1) is 11.2. The summed E-state index contributed by atoms with van der Waals surface area (Å²) in [6, 6.07) is 13.8. The van der Waals surface area contributed by atoms with Gasteiger partial charge in [-0.25, -0.2) is 4.98 Å². The summed E-state index contributed by atoms with van der Waals surface area (Å²) in [5.41, 5.74) is 2.55. The molecule has 3 aromatic heterocycles. The largest absolute Gasteiger partial charge is 0.359 e. The van der Waals surface area contributed by atoms with Gasteiger partial charge in [-0.3, -0.25) is 9.36 Å². The Morgan fingerprint density at radius 3 is 2.78 bits per heavy atom. The highest BCUT2D eigenvalue weighted by molar-refractivity contribution is 7.22. The van der Waals surface area contributed by atoms with Crippen LogP contribution in [-0.2, 0) is 6.54 Å². The Bertz CT molecular complexity index is 1030. The van der Waals surface area contributed by atoms with Crippen molar-refractivity contribution in [1.82, 2.24) is 14.7 Å². The number of fused-ring (bicyclic) bond motifs is 1. The minimum absolute atomic E-state index is 0.0590. The maximum atomic E-state index is 12.7. The van der Waals surface area contributed by atoms with Crippen LogP contribution in [0.4, 0.5) is 0 Å². The molecule has 0 radical (unpaired) electrons. The first-order valence-electron chi connectivity index (χ1n) is 7.17. The van der Waals surface area contributed by atoms with Gasteiger partial charge in [0.05, 0.1) is 24.1 Å². The third-order valence-corrected chi connectivity index (χ3v) is 4.73. The predicted octanol–water partition coefficient (Wildman–Crippen LogP) is 3.47. The molecule has 0 atom stereocenters. The molecule has 0 aliphatic carbocycles. The Kier molecular flexibility index (Phi) is 3.31. The fraction of sp³-hybridized carbons (Fsp3) is 0.118. The molecule has 0 fully saturated rings. The second-order valence-corrected chi connectivity index (χ2v) is 6.36. The molecule has 0 bridgehead atoms. The molecule has 6 heteroatoms. The third kappa shape index (κ3) is 2.57. The first-order valence-corrected chi connectivity index (χ1v) is 7.99.